The van der Waals surface area contributed by atoms with Crippen LogP contribution in [0.5, 0.6) is 6.01 Å². The van der Waals surface area contributed by atoms with Crippen LogP contribution in [0.25, 0.3) is 22.2 Å². The van der Waals surface area contributed by atoms with E-state index in [4.69, 9.17) is 27.1 Å². The normalized spacial score (nSPS) is 27.2. The summed E-state index contributed by atoms with van der Waals surface area (Å²) in [7, 11) is 0. The third-order valence-corrected chi connectivity index (χ3v) is 9.95. The maximum Gasteiger partial charge on any atom is 0.418 e. The molecule has 2 bridgehead atoms. The molecular weight excluding hydrogens is 605 g/mol. The number of anilines is 2. The van der Waals surface area contributed by atoms with Gasteiger partial charge < -0.3 is 20.7 Å². The third-order valence-electron chi connectivity index (χ3n) is 9.65. The molecule has 0 unspecified atom stereocenters. The van der Waals surface area contributed by atoms with E-state index in [0.29, 0.717) is 37.9 Å². The Morgan fingerprint density at radius 1 is 1.11 bits per heavy atom. The number of benzene rings is 1. The van der Waals surface area contributed by atoms with Crippen LogP contribution in [0, 0.1) is 12.7 Å². The van der Waals surface area contributed by atoms with Gasteiger partial charge in [0.2, 0.25) is 0 Å². The first-order chi connectivity index (χ1) is 20.9. The van der Waals surface area contributed by atoms with Gasteiger partial charge in [0.1, 0.15) is 29.9 Å². The van der Waals surface area contributed by atoms with Crippen LogP contribution in [-0.4, -0.2) is 76.4 Å². The van der Waals surface area contributed by atoms with E-state index in [1.807, 2.05) is 4.90 Å². The first-order valence-corrected chi connectivity index (χ1v) is 15.4. The Morgan fingerprint density at radius 3 is 2.70 bits per heavy atom. The molecule has 2 aromatic heterocycles. The summed E-state index contributed by atoms with van der Waals surface area (Å²) in [6, 6.07) is 2.92. The summed E-state index contributed by atoms with van der Waals surface area (Å²) in [6.45, 7) is 3.67. The number of fused-ring (bicyclic) bond motifs is 4. The molecule has 1 aromatic carbocycles. The van der Waals surface area contributed by atoms with E-state index < -0.39 is 40.5 Å². The minimum Gasteiger partial charge on any atom is -0.461 e. The van der Waals surface area contributed by atoms with Gasteiger partial charge >= 0.3 is 12.2 Å². The number of nitrogens with zero attached hydrogens (tertiary/aromatic N) is 5. The van der Waals surface area contributed by atoms with Crippen LogP contribution in [0.4, 0.5) is 33.6 Å². The number of alkyl halides is 4. The van der Waals surface area contributed by atoms with Crippen molar-refractivity contribution in [1.29, 1.82) is 0 Å². The molecule has 8 nitrogen and oxygen atoms in total. The Hall–Kier alpha value is -3.03. The molecule has 236 valence electrons. The number of nitrogen functional groups attached to an aromatic ring is 1. The van der Waals surface area contributed by atoms with Gasteiger partial charge in [-0.2, -0.15) is 23.1 Å². The topological polar surface area (TPSA) is 92.4 Å². The Morgan fingerprint density at radius 2 is 1.91 bits per heavy atom. The number of hydrogen-bond donors (Lipinski definition) is 2. The molecule has 4 aliphatic rings. The average Bonchev–Trinajstić information content (AvgIpc) is 3.57. The Kier molecular flexibility index (Phi) is 7.28. The van der Waals surface area contributed by atoms with E-state index in [0.717, 1.165) is 44.7 Å². The predicted octanol–water partition coefficient (Wildman–Crippen LogP) is 5.68. The van der Waals surface area contributed by atoms with Crippen molar-refractivity contribution >= 4 is 34.1 Å². The summed E-state index contributed by atoms with van der Waals surface area (Å²) in [4.78, 5) is 17.1. The second-order valence-corrected chi connectivity index (χ2v) is 13.0. The molecule has 3 N–H and O–H groups in total. The molecule has 44 heavy (non-hydrogen) atoms. The number of nitrogens with two attached hydrogens (primary N) is 1. The predicted molar refractivity (Wildman–Crippen MR) is 157 cm³/mol. The van der Waals surface area contributed by atoms with Gasteiger partial charge in [0.25, 0.3) is 0 Å². The number of aromatic nitrogens is 3. The highest BCUT2D eigenvalue weighted by atomic mass is 35.5. The van der Waals surface area contributed by atoms with E-state index in [1.165, 1.54) is 13.0 Å². The van der Waals surface area contributed by atoms with Crippen molar-refractivity contribution in [2.45, 2.75) is 75.4 Å². The largest absolute Gasteiger partial charge is 0.461 e. The number of rotatable bonds is 5. The van der Waals surface area contributed by atoms with Crippen molar-refractivity contribution in [3.8, 4) is 17.3 Å². The molecule has 4 saturated heterocycles. The monoisotopic (exact) mass is 637 g/mol. The zero-order valence-electron chi connectivity index (χ0n) is 24.2. The summed E-state index contributed by atoms with van der Waals surface area (Å²) >= 11 is 6.59. The van der Waals surface area contributed by atoms with Gasteiger partial charge in [-0.15, -0.1) is 0 Å². The SMILES string of the molecule is Cc1cc(N)nc(-c2c(Cl)cc3c(N4CC[C@H]5CC[C@@H](C4)N5)nc(OC[C@]45CCCN4C[C@@H](F)C5)nc3c2F)c1C(F)(F)F. The Bertz CT molecular complexity index is 1620. The number of aryl methyl sites for hydroxylation is 1. The van der Waals surface area contributed by atoms with Gasteiger partial charge in [-0.05, 0) is 63.3 Å². The number of ether oxygens (including phenoxy) is 1. The van der Waals surface area contributed by atoms with E-state index >= 15 is 4.39 Å². The van der Waals surface area contributed by atoms with Crippen molar-refractivity contribution in [2.24, 2.45) is 0 Å². The molecule has 0 aliphatic carbocycles. The first kappa shape index (κ1) is 29.7. The molecule has 6 heterocycles. The van der Waals surface area contributed by atoms with Crippen molar-refractivity contribution in [3.63, 3.8) is 0 Å². The lowest BCUT2D eigenvalue weighted by atomic mass is 9.95. The highest BCUT2D eigenvalue weighted by molar-refractivity contribution is 6.34. The summed E-state index contributed by atoms with van der Waals surface area (Å²) in [6.07, 6.45) is -0.938. The zero-order valence-corrected chi connectivity index (χ0v) is 24.9. The molecule has 0 saturated carbocycles. The maximum absolute atomic E-state index is 16.6. The summed E-state index contributed by atoms with van der Waals surface area (Å²) in [5.74, 6) is -0.900. The quantitative estimate of drug-likeness (QED) is 0.346. The van der Waals surface area contributed by atoms with Gasteiger partial charge in [-0.25, -0.2) is 13.8 Å². The summed E-state index contributed by atoms with van der Waals surface area (Å²) in [5, 5.41) is 3.59. The van der Waals surface area contributed by atoms with Crippen LogP contribution >= 0.6 is 11.6 Å². The van der Waals surface area contributed by atoms with Crippen molar-refractivity contribution in [1.82, 2.24) is 25.2 Å². The molecular formula is C30H33ClF5N7O. The van der Waals surface area contributed by atoms with Gasteiger partial charge in [-0.3, -0.25) is 4.90 Å². The molecule has 3 aromatic rings. The van der Waals surface area contributed by atoms with Crippen LogP contribution in [0.2, 0.25) is 5.02 Å². The third kappa shape index (κ3) is 5.10. The van der Waals surface area contributed by atoms with E-state index in [1.54, 1.807) is 0 Å². The number of hydrogen-bond acceptors (Lipinski definition) is 8. The molecule has 14 heteroatoms. The highest BCUT2D eigenvalue weighted by Crippen LogP contribution is 2.45. The van der Waals surface area contributed by atoms with Gasteiger partial charge in [0.15, 0.2) is 5.82 Å². The van der Waals surface area contributed by atoms with Crippen LogP contribution in [0.15, 0.2) is 12.1 Å². The maximum atomic E-state index is 16.6. The number of nitrogens with one attached hydrogen (secondary N) is 1. The molecule has 0 amide bonds. The standard InChI is InChI=1S/C30H33ClF5N7O/c1-15-9-21(37)39-26(23(15)30(34,35)36)22-20(31)10-19-25(24(22)33)40-28(44-14-29-6-2-7-43(29)12-16(32)11-29)41-27(19)42-8-5-17-3-4-18(13-42)38-17/h9-10,16-18,38H,2-8,11-14H2,1H3,(H2,37,39)/t16-,17+,18-,29+/m0/s1. The van der Waals surface area contributed by atoms with E-state index in [9.17, 15) is 17.6 Å². The van der Waals surface area contributed by atoms with Crippen molar-refractivity contribution in [2.75, 3.05) is 43.4 Å². The molecule has 0 spiro atoms. The molecule has 4 atom stereocenters. The fourth-order valence-electron chi connectivity index (χ4n) is 7.70. The smallest absolute Gasteiger partial charge is 0.418 e. The Labute approximate surface area is 256 Å². The van der Waals surface area contributed by atoms with Crippen LogP contribution in [0.3, 0.4) is 0 Å². The second-order valence-electron chi connectivity index (χ2n) is 12.6. The van der Waals surface area contributed by atoms with E-state index in [-0.39, 0.29) is 46.0 Å². The first-order valence-electron chi connectivity index (χ1n) is 15.0. The minimum atomic E-state index is -4.85. The van der Waals surface area contributed by atoms with Crippen LogP contribution in [0.1, 0.15) is 49.7 Å². The van der Waals surface area contributed by atoms with Crippen LogP contribution < -0.4 is 20.7 Å². The second kappa shape index (κ2) is 10.8. The zero-order chi connectivity index (χ0) is 31.0. The molecule has 4 aliphatic heterocycles. The van der Waals surface area contributed by atoms with Crippen molar-refractivity contribution in [3.05, 3.63) is 34.1 Å². The number of halogens is 6. The average molecular weight is 638 g/mol. The minimum absolute atomic E-state index is 0.112. The van der Waals surface area contributed by atoms with Crippen LogP contribution in [-0.2, 0) is 6.18 Å². The van der Waals surface area contributed by atoms with Gasteiger partial charge in [0.05, 0.1) is 27.4 Å². The summed E-state index contributed by atoms with van der Waals surface area (Å²) in [5.41, 5.74) is 2.49. The van der Waals surface area contributed by atoms with Gasteiger partial charge in [0, 0.05) is 43.5 Å². The molecule has 7 rings (SSSR count). The Balaban J connectivity index is 1.37. The summed E-state index contributed by atoms with van der Waals surface area (Å²) < 4.78 is 79.9. The highest BCUT2D eigenvalue weighted by Gasteiger charge is 2.49. The number of pyridine rings is 1. The van der Waals surface area contributed by atoms with Gasteiger partial charge in [-0.1, -0.05) is 11.6 Å². The molecule has 0 radical (unpaired) electrons. The fourth-order valence-corrected chi connectivity index (χ4v) is 7.98. The van der Waals surface area contributed by atoms with E-state index in [2.05, 4.69) is 20.2 Å². The lowest BCUT2D eigenvalue weighted by molar-refractivity contribution is -0.137. The fraction of sp³-hybridized carbons (Fsp3) is 0.567. The van der Waals surface area contributed by atoms with Crippen molar-refractivity contribution < 1.29 is 26.7 Å². The lowest BCUT2D eigenvalue weighted by Gasteiger charge is -2.31. The molecule has 4 fully saturated rings. The lowest BCUT2D eigenvalue weighted by Crippen LogP contribution is -2.43.